The summed E-state index contributed by atoms with van der Waals surface area (Å²) in [6.45, 7) is 2.69. The normalized spacial score (nSPS) is 11.7. The number of benzene rings is 2. The molecule has 2 N–H and O–H groups in total. The Balaban J connectivity index is 1.41. The van der Waals surface area contributed by atoms with Crippen LogP contribution in [0.1, 0.15) is 29.0 Å². The average molecular weight is 493 g/mol. The predicted molar refractivity (Wildman–Crippen MR) is 121 cm³/mol. The Hall–Kier alpha value is -3.60. The largest absolute Gasteiger partial charge is 0.573 e. The van der Waals surface area contributed by atoms with E-state index in [2.05, 4.69) is 30.6 Å². The first-order valence-corrected chi connectivity index (χ1v) is 10.8. The number of hydrogen-bond acceptors (Lipinski definition) is 6. The molecule has 34 heavy (non-hydrogen) atoms. The van der Waals surface area contributed by atoms with E-state index in [0.29, 0.717) is 64.8 Å². The summed E-state index contributed by atoms with van der Waals surface area (Å²) in [6.07, 6.45) is -3.42. The number of fused-ring (bicyclic) bond motifs is 3. The van der Waals surface area contributed by atoms with Crippen LogP contribution in [0.2, 0.25) is 5.02 Å². The Morgan fingerprint density at radius 2 is 1.88 bits per heavy atom. The number of aromatic nitrogens is 4. The first-order chi connectivity index (χ1) is 16.2. The molecular weight excluding hydrogens is 473 g/mol. The predicted octanol–water partition coefficient (Wildman–Crippen LogP) is 4.76. The molecule has 0 radical (unpaired) electrons. The minimum absolute atomic E-state index is 0.243. The first-order valence-electron chi connectivity index (χ1n) is 10.4. The fourth-order valence-corrected chi connectivity index (χ4v) is 3.69. The summed E-state index contributed by atoms with van der Waals surface area (Å²) in [4.78, 5) is 16.6. The monoisotopic (exact) mass is 492 g/mol. The number of anilines is 1. The van der Waals surface area contributed by atoms with E-state index in [0.717, 1.165) is 0 Å². The van der Waals surface area contributed by atoms with Gasteiger partial charge in [-0.1, -0.05) is 23.7 Å². The smallest absolute Gasteiger partial charge is 0.406 e. The van der Waals surface area contributed by atoms with Gasteiger partial charge in [-0.25, -0.2) is 4.98 Å². The fourth-order valence-electron chi connectivity index (χ4n) is 3.47. The molecule has 4 aromatic rings. The van der Waals surface area contributed by atoms with Crippen molar-refractivity contribution in [2.75, 3.05) is 18.4 Å². The highest BCUT2D eigenvalue weighted by atomic mass is 35.5. The van der Waals surface area contributed by atoms with E-state index in [1.165, 1.54) is 18.2 Å². The lowest BCUT2D eigenvalue weighted by Crippen LogP contribution is -2.25. The number of unbranched alkanes of at least 4 members (excludes halogenated alkanes) is 1. The fraction of sp³-hybridized carbons (Fsp3) is 0.273. The van der Waals surface area contributed by atoms with Crippen LogP contribution in [0.25, 0.3) is 16.7 Å². The molecule has 0 fully saturated rings. The second kappa shape index (κ2) is 9.72. The molecule has 0 saturated heterocycles. The zero-order chi connectivity index (χ0) is 24.3. The lowest BCUT2D eigenvalue weighted by atomic mass is 10.2. The molecule has 0 aliphatic rings. The molecule has 0 aliphatic heterocycles. The molecule has 1 amide bonds. The Morgan fingerprint density at radius 1 is 1.12 bits per heavy atom. The van der Waals surface area contributed by atoms with Gasteiger partial charge in [-0.15, -0.1) is 23.4 Å². The summed E-state index contributed by atoms with van der Waals surface area (Å²) in [7, 11) is 0. The summed E-state index contributed by atoms with van der Waals surface area (Å²) in [6, 6.07) is 10.7. The van der Waals surface area contributed by atoms with Crippen molar-refractivity contribution in [2.45, 2.75) is 26.1 Å². The van der Waals surface area contributed by atoms with Crippen LogP contribution in [0.3, 0.4) is 0 Å². The Labute approximate surface area is 197 Å². The number of hydrogen-bond donors (Lipinski definition) is 2. The number of nitrogens with one attached hydrogen (secondary N) is 2. The van der Waals surface area contributed by atoms with Crippen LogP contribution in [0.5, 0.6) is 5.75 Å². The molecule has 8 nitrogen and oxygen atoms in total. The van der Waals surface area contributed by atoms with Crippen LogP contribution in [0, 0.1) is 6.92 Å². The van der Waals surface area contributed by atoms with E-state index in [9.17, 15) is 18.0 Å². The minimum atomic E-state index is -4.80. The number of halogens is 4. The van der Waals surface area contributed by atoms with Gasteiger partial charge in [-0.05, 0) is 44.0 Å². The van der Waals surface area contributed by atoms with E-state index < -0.39 is 6.36 Å². The average Bonchev–Trinajstić information content (AvgIpc) is 3.17. The minimum Gasteiger partial charge on any atom is -0.406 e. The number of aryl methyl sites for hydroxylation is 1. The SMILES string of the molecule is Cc1nnc2c(NCCCCNC(=O)c3ccccc3Cl)nc3cc(OC(F)(F)F)ccc3n12. The van der Waals surface area contributed by atoms with E-state index in [1.54, 1.807) is 35.6 Å². The summed E-state index contributed by atoms with van der Waals surface area (Å²) < 4.78 is 43.6. The quantitative estimate of drug-likeness (QED) is 0.344. The molecule has 4 rings (SSSR count). The number of alkyl halides is 3. The number of amides is 1. The molecule has 2 aromatic heterocycles. The summed E-state index contributed by atoms with van der Waals surface area (Å²) in [5.74, 6) is 0.347. The number of rotatable bonds is 8. The lowest BCUT2D eigenvalue weighted by Gasteiger charge is -2.12. The number of ether oxygens (including phenoxy) is 1. The van der Waals surface area contributed by atoms with Crippen molar-refractivity contribution in [1.82, 2.24) is 24.9 Å². The maximum atomic E-state index is 12.6. The summed E-state index contributed by atoms with van der Waals surface area (Å²) in [5, 5.41) is 14.6. The second-order valence-corrected chi connectivity index (χ2v) is 7.84. The van der Waals surface area contributed by atoms with Crippen LogP contribution in [0.4, 0.5) is 19.0 Å². The summed E-state index contributed by atoms with van der Waals surface area (Å²) >= 11 is 6.03. The maximum Gasteiger partial charge on any atom is 0.573 e. The van der Waals surface area contributed by atoms with Crippen LogP contribution >= 0.6 is 11.6 Å². The number of carbonyl (C=O) groups excluding carboxylic acids is 1. The Kier molecular flexibility index (Phi) is 6.73. The first kappa shape index (κ1) is 23.6. The van der Waals surface area contributed by atoms with Crippen molar-refractivity contribution in [1.29, 1.82) is 0 Å². The van der Waals surface area contributed by atoms with Crippen molar-refractivity contribution in [3.63, 3.8) is 0 Å². The number of nitrogens with zero attached hydrogens (tertiary/aromatic N) is 4. The van der Waals surface area contributed by atoms with Gasteiger partial charge in [0.25, 0.3) is 5.91 Å². The van der Waals surface area contributed by atoms with Crippen molar-refractivity contribution in [3.8, 4) is 5.75 Å². The van der Waals surface area contributed by atoms with Gasteiger partial charge in [0.15, 0.2) is 5.82 Å². The lowest BCUT2D eigenvalue weighted by molar-refractivity contribution is -0.274. The summed E-state index contributed by atoms with van der Waals surface area (Å²) in [5.41, 5.74) is 1.73. The standard InChI is InChI=1S/C22H20ClF3N6O2/c1-13-30-31-20-19(27-10-4-5-11-28-21(33)15-6-2-3-7-16(15)23)29-17-12-14(34-22(24,25)26)8-9-18(17)32(13)20/h2-3,6-9,12H,4-5,10-11H2,1H3,(H,27,29)(H,28,33). The highest BCUT2D eigenvalue weighted by molar-refractivity contribution is 6.33. The molecular formula is C22H20ClF3N6O2. The van der Waals surface area contributed by atoms with Crippen molar-refractivity contribution in [2.24, 2.45) is 0 Å². The molecule has 0 saturated carbocycles. The van der Waals surface area contributed by atoms with Gasteiger partial charge in [0.05, 0.1) is 21.6 Å². The van der Waals surface area contributed by atoms with Gasteiger partial charge >= 0.3 is 6.36 Å². The van der Waals surface area contributed by atoms with Crippen molar-refractivity contribution in [3.05, 3.63) is 58.9 Å². The topological polar surface area (TPSA) is 93.4 Å². The van der Waals surface area contributed by atoms with E-state index in [4.69, 9.17) is 11.6 Å². The Morgan fingerprint density at radius 3 is 2.65 bits per heavy atom. The van der Waals surface area contributed by atoms with Gasteiger partial charge in [-0.3, -0.25) is 9.20 Å². The van der Waals surface area contributed by atoms with Crippen molar-refractivity contribution >= 4 is 40.0 Å². The third kappa shape index (κ3) is 5.30. The van der Waals surface area contributed by atoms with E-state index in [1.807, 2.05) is 0 Å². The van der Waals surface area contributed by atoms with Crippen molar-refractivity contribution < 1.29 is 22.7 Å². The molecule has 0 bridgehead atoms. The molecule has 0 atom stereocenters. The second-order valence-electron chi connectivity index (χ2n) is 7.43. The van der Waals surface area contributed by atoms with Crippen LogP contribution in [-0.2, 0) is 0 Å². The maximum absolute atomic E-state index is 12.6. The molecule has 2 heterocycles. The van der Waals surface area contributed by atoms with Crippen LogP contribution in [0.15, 0.2) is 42.5 Å². The number of carbonyl (C=O) groups is 1. The molecule has 0 aliphatic carbocycles. The Bertz CT molecular complexity index is 1340. The molecule has 178 valence electrons. The highest BCUT2D eigenvalue weighted by Crippen LogP contribution is 2.28. The van der Waals surface area contributed by atoms with Gasteiger partial charge in [0.1, 0.15) is 11.6 Å². The molecule has 0 unspecified atom stereocenters. The molecule has 2 aromatic carbocycles. The molecule has 0 spiro atoms. The van der Waals surface area contributed by atoms with Crippen LogP contribution in [-0.4, -0.2) is 44.9 Å². The van der Waals surface area contributed by atoms with Gasteiger partial charge in [0, 0.05) is 19.2 Å². The zero-order valence-electron chi connectivity index (χ0n) is 18.0. The van der Waals surface area contributed by atoms with E-state index >= 15 is 0 Å². The molecule has 12 heteroatoms. The highest BCUT2D eigenvalue weighted by Gasteiger charge is 2.31. The van der Waals surface area contributed by atoms with E-state index in [-0.39, 0.29) is 11.7 Å². The van der Waals surface area contributed by atoms with Gasteiger partial charge in [0.2, 0.25) is 5.65 Å². The zero-order valence-corrected chi connectivity index (χ0v) is 18.7. The third-order valence-corrected chi connectivity index (χ3v) is 5.32. The third-order valence-electron chi connectivity index (χ3n) is 4.99. The van der Waals surface area contributed by atoms with Gasteiger partial charge in [-0.2, -0.15) is 0 Å². The van der Waals surface area contributed by atoms with Gasteiger partial charge < -0.3 is 15.4 Å². The van der Waals surface area contributed by atoms with Crippen LogP contribution < -0.4 is 15.4 Å².